The first-order valence-corrected chi connectivity index (χ1v) is 11.0. The van der Waals surface area contributed by atoms with Crippen LogP contribution in [-0.2, 0) is 23.0 Å². The van der Waals surface area contributed by atoms with Crippen molar-refractivity contribution in [2.75, 3.05) is 6.54 Å². The van der Waals surface area contributed by atoms with Crippen molar-refractivity contribution in [3.63, 3.8) is 0 Å². The quantitative estimate of drug-likeness (QED) is 0.578. The molecule has 0 saturated heterocycles. The van der Waals surface area contributed by atoms with Crippen LogP contribution in [0.4, 0.5) is 4.39 Å². The molecule has 0 bridgehead atoms. The standard InChI is InChI=1S/C23H23FN2O3S/c1-17-7-12-21(30(28,29)26-16-19-5-3-2-4-6-19)15-22(17)23(27)25-14-13-18-8-10-20(24)11-9-18/h2-12,15,26H,13-14,16H2,1H3,(H,25,27). The molecule has 156 valence electrons. The van der Waals surface area contributed by atoms with Gasteiger partial charge in [-0.3, -0.25) is 4.79 Å². The summed E-state index contributed by atoms with van der Waals surface area (Å²) in [5.74, 6) is -0.660. The van der Waals surface area contributed by atoms with Crippen LogP contribution in [-0.4, -0.2) is 20.9 Å². The summed E-state index contributed by atoms with van der Waals surface area (Å²) in [4.78, 5) is 12.6. The van der Waals surface area contributed by atoms with Crippen LogP contribution in [0.15, 0.2) is 77.7 Å². The molecule has 3 aromatic carbocycles. The fraction of sp³-hybridized carbons (Fsp3) is 0.174. The van der Waals surface area contributed by atoms with Gasteiger partial charge in [0.05, 0.1) is 4.90 Å². The van der Waals surface area contributed by atoms with Crippen LogP contribution in [0.2, 0.25) is 0 Å². The molecule has 7 heteroatoms. The number of hydrogen-bond acceptors (Lipinski definition) is 3. The molecule has 0 aliphatic rings. The minimum absolute atomic E-state index is 0.0349. The van der Waals surface area contributed by atoms with Crippen molar-refractivity contribution in [1.82, 2.24) is 10.0 Å². The maximum atomic E-state index is 13.0. The Labute approximate surface area is 176 Å². The first kappa shape index (κ1) is 21.7. The minimum Gasteiger partial charge on any atom is -0.352 e. The SMILES string of the molecule is Cc1ccc(S(=O)(=O)NCc2ccccc2)cc1C(=O)NCCc1ccc(F)cc1. The zero-order chi connectivity index (χ0) is 21.6. The van der Waals surface area contributed by atoms with E-state index in [-0.39, 0.29) is 23.2 Å². The second-order valence-corrected chi connectivity index (χ2v) is 8.69. The van der Waals surface area contributed by atoms with Crippen molar-refractivity contribution in [2.24, 2.45) is 0 Å². The van der Waals surface area contributed by atoms with Crippen molar-refractivity contribution < 1.29 is 17.6 Å². The van der Waals surface area contributed by atoms with Crippen molar-refractivity contribution in [2.45, 2.75) is 24.8 Å². The lowest BCUT2D eigenvalue weighted by Crippen LogP contribution is -2.27. The van der Waals surface area contributed by atoms with Crippen LogP contribution >= 0.6 is 0 Å². The molecule has 0 aliphatic carbocycles. The Morgan fingerprint density at radius 3 is 2.33 bits per heavy atom. The summed E-state index contributed by atoms with van der Waals surface area (Å²) in [5, 5.41) is 2.79. The van der Waals surface area contributed by atoms with Gasteiger partial charge < -0.3 is 5.32 Å². The topological polar surface area (TPSA) is 75.3 Å². The van der Waals surface area contributed by atoms with Gasteiger partial charge in [-0.15, -0.1) is 0 Å². The largest absolute Gasteiger partial charge is 0.352 e. The number of carbonyl (C=O) groups excluding carboxylic acids is 1. The highest BCUT2D eigenvalue weighted by Gasteiger charge is 2.18. The van der Waals surface area contributed by atoms with Gasteiger partial charge in [0.1, 0.15) is 5.82 Å². The van der Waals surface area contributed by atoms with Crippen molar-refractivity contribution >= 4 is 15.9 Å². The first-order valence-electron chi connectivity index (χ1n) is 9.52. The highest BCUT2D eigenvalue weighted by atomic mass is 32.2. The Hall–Kier alpha value is -3.03. The third-order valence-corrected chi connectivity index (χ3v) is 6.08. The molecular weight excluding hydrogens is 403 g/mol. The average Bonchev–Trinajstić information content (AvgIpc) is 2.74. The third kappa shape index (κ3) is 5.75. The van der Waals surface area contributed by atoms with E-state index >= 15 is 0 Å². The molecule has 0 aliphatic heterocycles. The summed E-state index contributed by atoms with van der Waals surface area (Å²) in [7, 11) is -3.76. The van der Waals surface area contributed by atoms with E-state index in [4.69, 9.17) is 0 Å². The molecule has 0 heterocycles. The fourth-order valence-corrected chi connectivity index (χ4v) is 3.98. The molecular formula is C23H23FN2O3S. The Morgan fingerprint density at radius 1 is 0.933 bits per heavy atom. The average molecular weight is 427 g/mol. The lowest BCUT2D eigenvalue weighted by molar-refractivity contribution is 0.0953. The molecule has 3 rings (SSSR count). The van der Waals surface area contributed by atoms with E-state index in [2.05, 4.69) is 10.0 Å². The zero-order valence-electron chi connectivity index (χ0n) is 16.6. The summed E-state index contributed by atoms with van der Waals surface area (Å²) < 4.78 is 40.8. The predicted molar refractivity (Wildman–Crippen MR) is 114 cm³/mol. The number of nitrogens with one attached hydrogen (secondary N) is 2. The lowest BCUT2D eigenvalue weighted by Gasteiger charge is -2.11. The van der Waals surface area contributed by atoms with E-state index in [0.717, 1.165) is 11.1 Å². The second kappa shape index (κ2) is 9.65. The van der Waals surface area contributed by atoms with Gasteiger partial charge in [-0.2, -0.15) is 0 Å². The van der Waals surface area contributed by atoms with E-state index in [1.54, 1.807) is 25.1 Å². The highest BCUT2D eigenvalue weighted by Crippen LogP contribution is 2.16. The first-order chi connectivity index (χ1) is 14.3. The molecule has 0 atom stereocenters. The molecule has 0 unspecified atom stereocenters. The second-order valence-electron chi connectivity index (χ2n) is 6.92. The highest BCUT2D eigenvalue weighted by molar-refractivity contribution is 7.89. The smallest absolute Gasteiger partial charge is 0.251 e. The predicted octanol–water partition coefficient (Wildman–Crippen LogP) is 3.59. The normalized spacial score (nSPS) is 11.3. The van der Waals surface area contributed by atoms with E-state index in [0.29, 0.717) is 24.1 Å². The number of hydrogen-bond donors (Lipinski definition) is 2. The van der Waals surface area contributed by atoms with E-state index in [1.807, 2.05) is 30.3 Å². The molecule has 0 fully saturated rings. The number of halogens is 1. The molecule has 0 aromatic heterocycles. The maximum absolute atomic E-state index is 13.0. The number of benzene rings is 3. The summed E-state index contributed by atoms with van der Waals surface area (Å²) in [6, 6.07) is 19.8. The van der Waals surface area contributed by atoms with Crippen molar-refractivity contribution in [1.29, 1.82) is 0 Å². The molecule has 2 N–H and O–H groups in total. The molecule has 3 aromatic rings. The third-order valence-electron chi connectivity index (χ3n) is 4.69. The van der Waals surface area contributed by atoms with Crippen molar-refractivity contribution in [3.8, 4) is 0 Å². The van der Waals surface area contributed by atoms with Gasteiger partial charge in [-0.05, 0) is 54.3 Å². The summed E-state index contributed by atoms with van der Waals surface area (Å²) in [6.45, 7) is 2.27. The summed E-state index contributed by atoms with van der Waals surface area (Å²) >= 11 is 0. The molecule has 1 amide bonds. The van der Waals surface area contributed by atoms with Gasteiger partial charge in [0, 0.05) is 18.7 Å². The Kier molecular flexibility index (Phi) is 6.97. The van der Waals surface area contributed by atoms with Gasteiger partial charge in [-0.25, -0.2) is 17.5 Å². The monoisotopic (exact) mass is 426 g/mol. The Morgan fingerprint density at radius 2 is 1.63 bits per heavy atom. The van der Waals surface area contributed by atoms with E-state index in [1.165, 1.54) is 24.3 Å². The van der Waals surface area contributed by atoms with Gasteiger partial charge in [0.15, 0.2) is 0 Å². The van der Waals surface area contributed by atoms with Crippen LogP contribution in [0, 0.1) is 12.7 Å². The van der Waals surface area contributed by atoms with Crippen LogP contribution in [0.25, 0.3) is 0 Å². The minimum atomic E-state index is -3.76. The Bertz CT molecular complexity index is 1110. The molecule has 0 saturated carbocycles. The van der Waals surface area contributed by atoms with Gasteiger partial charge in [-0.1, -0.05) is 48.5 Å². The van der Waals surface area contributed by atoms with Crippen LogP contribution in [0.5, 0.6) is 0 Å². The summed E-state index contributed by atoms with van der Waals surface area (Å²) in [6.07, 6.45) is 0.543. The number of rotatable bonds is 8. The lowest BCUT2D eigenvalue weighted by atomic mass is 10.1. The Balaban J connectivity index is 1.65. The number of aryl methyl sites for hydroxylation is 1. The van der Waals surface area contributed by atoms with E-state index < -0.39 is 10.0 Å². The maximum Gasteiger partial charge on any atom is 0.251 e. The molecule has 0 spiro atoms. The molecule has 0 radical (unpaired) electrons. The van der Waals surface area contributed by atoms with Crippen molar-refractivity contribution in [3.05, 3.63) is 101 Å². The van der Waals surface area contributed by atoms with E-state index in [9.17, 15) is 17.6 Å². The van der Waals surface area contributed by atoms with Gasteiger partial charge >= 0.3 is 0 Å². The number of carbonyl (C=O) groups is 1. The summed E-state index contributed by atoms with van der Waals surface area (Å²) in [5.41, 5.74) is 2.72. The van der Waals surface area contributed by atoms with Gasteiger partial charge in [0.2, 0.25) is 10.0 Å². The van der Waals surface area contributed by atoms with Crippen LogP contribution < -0.4 is 10.0 Å². The fourth-order valence-electron chi connectivity index (χ4n) is 2.94. The molecule has 30 heavy (non-hydrogen) atoms. The van der Waals surface area contributed by atoms with Crippen LogP contribution in [0.1, 0.15) is 27.0 Å². The number of sulfonamides is 1. The number of amides is 1. The van der Waals surface area contributed by atoms with Crippen LogP contribution in [0.3, 0.4) is 0 Å². The molecule has 5 nitrogen and oxygen atoms in total. The van der Waals surface area contributed by atoms with Gasteiger partial charge in [0.25, 0.3) is 5.91 Å². The zero-order valence-corrected chi connectivity index (χ0v) is 17.4.